The maximum Gasteiger partial charge on any atom is 0.322 e. The highest BCUT2D eigenvalue weighted by Crippen LogP contribution is 2.11. The van der Waals surface area contributed by atoms with Crippen LogP contribution >= 0.6 is 0 Å². The van der Waals surface area contributed by atoms with E-state index < -0.39 is 18.0 Å². The van der Waals surface area contributed by atoms with E-state index in [0.717, 1.165) is 0 Å². The molecule has 3 rings (SSSR count). The van der Waals surface area contributed by atoms with Crippen LogP contribution in [0.15, 0.2) is 28.9 Å². The largest absolute Gasteiger partial charge is 0.356 e. The molecule has 1 aliphatic heterocycles. The van der Waals surface area contributed by atoms with Crippen LogP contribution in [0.25, 0.3) is 11.5 Å². The van der Waals surface area contributed by atoms with Gasteiger partial charge in [-0.25, -0.2) is 4.79 Å². The highest BCUT2D eigenvalue weighted by molar-refractivity contribution is 6.04. The zero-order chi connectivity index (χ0) is 17.6. The van der Waals surface area contributed by atoms with E-state index >= 15 is 0 Å². The minimum Gasteiger partial charge on any atom is -0.356 e. The molecule has 0 aromatic carbocycles. The summed E-state index contributed by atoms with van der Waals surface area (Å²) in [6, 6.07) is 4.20. The molecule has 0 saturated carbocycles. The van der Waals surface area contributed by atoms with Crippen LogP contribution in [0.2, 0.25) is 0 Å². The molecule has 0 aliphatic carbocycles. The molecule has 1 saturated heterocycles. The number of imide groups is 1. The van der Waals surface area contributed by atoms with Gasteiger partial charge in [-0.05, 0) is 18.6 Å². The number of nitrogens with one attached hydrogen (secondary N) is 3. The van der Waals surface area contributed by atoms with Crippen molar-refractivity contribution in [2.45, 2.75) is 25.3 Å². The first-order valence-electron chi connectivity index (χ1n) is 7.74. The number of aromatic nitrogens is 3. The Kier molecular flexibility index (Phi) is 4.97. The summed E-state index contributed by atoms with van der Waals surface area (Å²) in [5.74, 6) is 0.150. The Labute approximate surface area is 142 Å². The normalized spacial score (nSPS) is 16.4. The van der Waals surface area contributed by atoms with Gasteiger partial charge in [0.25, 0.3) is 5.91 Å². The Morgan fingerprint density at radius 1 is 1.32 bits per heavy atom. The van der Waals surface area contributed by atoms with E-state index in [2.05, 4.69) is 31.1 Å². The number of carbonyl (C=O) groups excluding carboxylic acids is 3. The summed E-state index contributed by atoms with van der Waals surface area (Å²) in [7, 11) is 0. The number of urea groups is 1. The molecule has 0 spiro atoms. The highest BCUT2D eigenvalue weighted by atomic mass is 16.5. The predicted octanol–water partition coefficient (Wildman–Crippen LogP) is -0.221. The lowest BCUT2D eigenvalue weighted by Gasteiger charge is -2.07. The van der Waals surface area contributed by atoms with E-state index in [1.54, 1.807) is 18.3 Å². The minimum absolute atomic E-state index is 0.126. The van der Waals surface area contributed by atoms with Crippen LogP contribution in [-0.2, 0) is 16.0 Å². The van der Waals surface area contributed by atoms with Crippen LogP contribution in [0.3, 0.4) is 0 Å². The van der Waals surface area contributed by atoms with Crippen molar-refractivity contribution < 1.29 is 18.9 Å². The first kappa shape index (κ1) is 16.6. The van der Waals surface area contributed by atoms with Crippen LogP contribution in [0.5, 0.6) is 0 Å². The van der Waals surface area contributed by atoms with Gasteiger partial charge in [0.05, 0.1) is 0 Å². The van der Waals surface area contributed by atoms with Gasteiger partial charge in [-0.15, -0.1) is 0 Å². The number of pyridine rings is 1. The molecule has 10 nitrogen and oxygen atoms in total. The van der Waals surface area contributed by atoms with Gasteiger partial charge in [-0.3, -0.25) is 19.9 Å². The molecular weight excluding hydrogens is 328 g/mol. The van der Waals surface area contributed by atoms with Crippen molar-refractivity contribution in [3.63, 3.8) is 0 Å². The summed E-state index contributed by atoms with van der Waals surface area (Å²) in [6.45, 7) is 0.325. The van der Waals surface area contributed by atoms with E-state index in [1.807, 2.05) is 6.07 Å². The average molecular weight is 344 g/mol. The van der Waals surface area contributed by atoms with E-state index in [1.165, 1.54) is 0 Å². The Bertz CT molecular complexity index is 775. The van der Waals surface area contributed by atoms with Crippen LogP contribution in [-0.4, -0.2) is 45.6 Å². The lowest BCUT2D eigenvalue weighted by molar-refractivity contribution is -0.122. The third-order valence-corrected chi connectivity index (χ3v) is 3.54. The number of hydrogen-bond acceptors (Lipinski definition) is 7. The Hall–Kier alpha value is -3.30. The van der Waals surface area contributed by atoms with E-state index in [4.69, 9.17) is 4.52 Å². The van der Waals surface area contributed by atoms with Crippen molar-refractivity contribution in [3.8, 4) is 11.5 Å². The summed E-state index contributed by atoms with van der Waals surface area (Å²) in [6.07, 6.45) is 2.39. The second-order valence-electron chi connectivity index (χ2n) is 5.38. The summed E-state index contributed by atoms with van der Waals surface area (Å²) < 4.78 is 5.12. The number of hydrogen-bond donors (Lipinski definition) is 3. The molecule has 0 bridgehead atoms. The van der Waals surface area contributed by atoms with Gasteiger partial charge < -0.3 is 15.2 Å². The van der Waals surface area contributed by atoms with Gasteiger partial charge in [0.2, 0.25) is 17.6 Å². The van der Waals surface area contributed by atoms with Gasteiger partial charge in [0.1, 0.15) is 11.7 Å². The fraction of sp³-hybridized carbons (Fsp3) is 0.333. The number of nitrogens with zero attached hydrogens (tertiary/aromatic N) is 3. The van der Waals surface area contributed by atoms with Crippen molar-refractivity contribution >= 4 is 17.8 Å². The zero-order valence-electron chi connectivity index (χ0n) is 13.2. The van der Waals surface area contributed by atoms with Gasteiger partial charge in [-0.1, -0.05) is 11.2 Å². The maximum absolute atomic E-state index is 11.8. The molecule has 3 heterocycles. The first-order chi connectivity index (χ1) is 12.1. The van der Waals surface area contributed by atoms with Crippen LogP contribution in [0.4, 0.5) is 4.79 Å². The quantitative estimate of drug-likeness (QED) is 0.590. The molecule has 2 aromatic heterocycles. The van der Waals surface area contributed by atoms with Crippen molar-refractivity contribution in [3.05, 3.63) is 30.3 Å². The average Bonchev–Trinajstić information content (AvgIpc) is 3.20. The van der Waals surface area contributed by atoms with Gasteiger partial charge in [0, 0.05) is 25.6 Å². The molecule has 0 unspecified atom stereocenters. The van der Waals surface area contributed by atoms with Gasteiger partial charge in [0.15, 0.2) is 0 Å². The Morgan fingerprint density at radius 3 is 2.92 bits per heavy atom. The summed E-state index contributed by atoms with van der Waals surface area (Å²) >= 11 is 0. The molecule has 1 aliphatic rings. The van der Waals surface area contributed by atoms with Gasteiger partial charge in [-0.2, -0.15) is 4.98 Å². The molecule has 130 valence electrons. The molecule has 0 radical (unpaired) electrons. The summed E-state index contributed by atoms with van der Waals surface area (Å²) in [4.78, 5) is 42.4. The molecule has 4 amide bonds. The van der Waals surface area contributed by atoms with Gasteiger partial charge >= 0.3 is 6.03 Å². The number of carbonyl (C=O) groups is 3. The first-order valence-corrected chi connectivity index (χ1v) is 7.74. The fourth-order valence-electron chi connectivity index (χ4n) is 2.29. The summed E-state index contributed by atoms with van der Waals surface area (Å²) in [5.41, 5.74) is 0.610. The predicted molar refractivity (Wildman–Crippen MR) is 83.9 cm³/mol. The molecule has 2 aromatic rings. The highest BCUT2D eigenvalue weighted by Gasteiger charge is 2.29. The smallest absolute Gasteiger partial charge is 0.322 e. The zero-order valence-corrected chi connectivity index (χ0v) is 13.2. The van der Waals surface area contributed by atoms with E-state index in [0.29, 0.717) is 30.4 Å². The van der Waals surface area contributed by atoms with Crippen LogP contribution in [0, 0.1) is 0 Å². The topological polar surface area (TPSA) is 139 Å². The number of rotatable bonds is 7. The van der Waals surface area contributed by atoms with E-state index in [9.17, 15) is 14.4 Å². The molecule has 25 heavy (non-hydrogen) atoms. The van der Waals surface area contributed by atoms with Crippen molar-refractivity contribution in [2.24, 2.45) is 0 Å². The monoisotopic (exact) mass is 344 g/mol. The lowest BCUT2D eigenvalue weighted by Crippen LogP contribution is -2.32. The molecule has 3 N–H and O–H groups in total. The fourth-order valence-corrected chi connectivity index (χ4v) is 2.29. The molecule has 1 atom stereocenters. The standard InChI is InChI=1S/C15H16N6O4/c22-11(5-4-10-14(23)20-15(24)18-10)17-8-6-12-19-13(21-25-12)9-3-1-2-7-16-9/h1-3,7,10H,4-6,8H2,(H,17,22)(H2,18,20,23,24)/t10-/m0/s1. The molecule has 10 heteroatoms. The Morgan fingerprint density at radius 2 is 2.20 bits per heavy atom. The third-order valence-electron chi connectivity index (χ3n) is 3.54. The van der Waals surface area contributed by atoms with E-state index in [-0.39, 0.29) is 18.7 Å². The van der Waals surface area contributed by atoms with Crippen molar-refractivity contribution in [1.29, 1.82) is 0 Å². The third kappa shape index (κ3) is 4.37. The second-order valence-corrected chi connectivity index (χ2v) is 5.38. The summed E-state index contributed by atoms with van der Waals surface area (Å²) in [5, 5.41) is 11.1. The Balaban J connectivity index is 1.39. The lowest BCUT2D eigenvalue weighted by atomic mass is 10.1. The maximum atomic E-state index is 11.8. The second kappa shape index (κ2) is 7.51. The van der Waals surface area contributed by atoms with Crippen molar-refractivity contribution in [1.82, 2.24) is 31.1 Å². The van der Waals surface area contributed by atoms with Crippen molar-refractivity contribution in [2.75, 3.05) is 6.54 Å². The molecule has 1 fully saturated rings. The minimum atomic E-state index is -0.657. The van der Waals surface area contributed by atoms with Crippen LogP contribution in [0.1, 0.15) is 18.7 Å². The molecular formula is C15H16N6O4. The van der Waals surface area contributed by atoms with Crippen LogP contribution < -0.4 is 16.0 Å². The SMILES string of the molecule is O=C(CC[C@@H]1NC(=O)NC1=O)NCCc1nc(-c2ccccn2)no1. The number of amides is 4.